The molecule has 0 aromatic heterocycles. The topological polar surface area (TPSA) is 66.8 Å². The first-order chi connectivity index (χ1) is 9.63. The predicted octanol–water partition coefficient (Wildman–Crippen LogP) is 0.885. The summed E-state index contributed by atoms with van der Waals surface area (Å²) in [6, 6.07) is 7.45. The molecule has 1 saturated heterocycles. The van der Waals surface area contributed by atoms with Gasteiger partial charge in [-0.1, -0.05) is 24.3 Å². The zero-order valence-corrected chi connectivity index (χ0v) is 11.5. The summed E-state index contributed by atoms with van der Waals surface area (Å²) in [6.45, 7) is 0.509. The van der Waals surface area contributed by atoms with Gasteiger partial charge < -0.3 is 14.7 Å². The monoisotopic (exact) mass is 277 g/mol. The third kappa shape index (κ3) is 3.36. The van der Waals surface area contributed by atoms with Crippen molar-refractivity contribution in [3.63, 3.8) is 0 Å². The molecule has 108 valence electrons. The molecule has 1 fully saturated rings. The molecule has 1 aliphatic rings. The third-order valence-corrected chi connectivity index (χ3v) is 3.62. The van der Waals surface area contributed by atoms with Gasteiger partial charge in [-0.05, 0) is 17.5 Å². The van der Waals surface area contributed by atoms with Gasteiger partial charge in [0.15, 0.2) is 0 Å². The highest BCUT2D eigenvalue weighted by molar-refractivity contribution is 5.78. The number of nitrogens with zero attached hydrogens (tertiary/aromatic N) is 1. The maximum atomic E-state index is 11.8. The molecule has 0 saturated carbocycles. The Morgan fingerprint density at radius 2 is 2.00 bits per heavy atom. The molecule has 1 amide bonds. The van der Waals surface area contributed by atoms with Gasteiger partial charge in [0, 0.05) is 13.0 Å². The molecular weight excluding hydrogens is 258 g/mol. The Kier molecular flexibility index (Phi) is 4.74. The highest BCUT2D eigenvalue weighted by Crippen LogP contribution is 2.21. The number of likely N-dealkylation sites (tertiary alicyclic amines) is 1. The summed E-state index contributed by atoms with van der Waals surface area (Å²) in [5.74, 6) is -0.185. The van der Waals surface area contributed by atoms with E-state index in [0.29, 0.717) is 13.0 Å². The van der Waals surface area contributed by atoms with Crippen LogP contribution < -0.4 is 0 Å². The molecule has 1 atom stereocenters. The Morgan fingerprint density at radius 3 is 2.60 bits per heavy atom. The molecule has 1 aromatic rings. The quantitative estimate of drug-likeness (QED) is 0.812. The molecule has 2 rings (SSSR count). The molecule has 0 spiro atoms. The van der Waals surface area contributed by atoms with Crippen LogP contribution >= 0.6 is 0 Å². The zero-order chi connectivity index (χ0) is 14.5. The number of methoxy groups -OCH3 is 1. The van der Waals surface area contributed by atoms with Crippen molar-refractivity contribution in [1.29, 1.82) is 0 Å². The lowest BCUT2D eigenvalue weighted by atomic mass is 10.1. The fourth-order valence-corrected chi connectivity index (χ4v) is 2.40. The largest absolute Gasteiger partial charge is 0.469 e. The smallest absolute Gasteiger partial charge is 0.309 e. The van der Waals surface area contributed by atoms with E-state index >= 15 is 0 Å². The van der Waals surface area contributed by atoms with Crippen LogP contribution in [-0.2, 0) is 27.3 Å². The summed E-state index contributed by atoms with van der Waals surface area (Å²) in [5, 5.41) is 9.26. The Labute approximate surface area is 118 Å². The number of rotatable bonds is 5. The van der Waals surface area contributed by atoms with Crippen LogP contribution in [-0.4, -0.2) is 41.6 Å². The molecule has 0 unspecified atom stereocenters. The van der Waals surface area contributed by atoms with Crippen molar-refractivity contribution in [3.05, 3.63) is 35.4 Å². The van der Waals surface area contributed by atoms with E-state index in [9.17, 15) is 14.7 Å². The minimum Gasteiger partial charge on any atom is -0.469 e. The van der Waals surface area contributed by atoms with E-state index in [-0.39, 0.29) is 30.9 Å². The van der Waals surface area contributed by atoms with E-state index in [2.05, 4.69) is 4.74 Å². The first kappa shape index (κ1) is 14.5. The van der Waals surface area contributed by atoms with Crippen molar-refractivity contribution in [2.45, 2.75) is 31.8 Å². The van der Waals surface area contributed by atoms with Crippen molar-refractivity contribution >= 4 is 11.9 Å². The van der Waals surface area contributed by atoms with Crippen LogP contribution in [0.4, 0.5) is 0 Å². The summed E-state index contributed by atoms with van der Waals surface area (Å²) in [6.07, 6.45) is 1.47. The average Bonchev–Trinajstić information content (AvgIpc) is 2.81. The number of hydrogen-bond acceptors (Lipinski definition) is 4. The van der Waals surface area contributed by atoms with Gasteiger partial charge in [-0.2, -0.15) is 0 Å². The van der Waals surface area contributed by atoms with E-state index in [1.165, 1.54) is 7.11 Å². The molecule has 20 heavy (non-hydrogen) atoms. The molecule has 5 heteroatoms. The molecule has 1 heterocycles. The van der Waals surface area contributed by atoms with Crippen molar-refractivity contribution in [2.75, 3.05) is 13.7 Å². The SMILES string of the molecule is COC(=O)Cc1ccc(CN2C(=O)CC[C@@H]2CO)cc1. The zero-order valence-electron chi connectivity index (χ0n) is 11.5. The van der Waals surface area contributed by atoms with E-state index in [1.54, 1.807) is 4.90 Å². The molecule has 1 N–H and O–H groups in total. The number of esters is 1. The van der Waals surface area contributed by atoms with Crippen LogP contribution in [0.5, 0.6) is 0 Å². The normalized spacial score (nSPS) is 18.4. The van der Waals surface area contributed by atoms with Crippen molar-refractivity contribution in [2.24, 2.45) is 0 Å². The minimum absolute atomic E-state index is 0.00612. The number of ether oxygens (including phenoxy) is 1. The summed E-state index contributed by atoms with van der Waals surface area (Å²) >= 11 is 0. The summed E-state index contributed by atoms with van der Waals surface area (Å²) in [5.41, 5.74) is 1.87. The Morgan fingerprint density at radius 1 is 1.35 bits per heavy atom. The van der Waals surface area contributed by atoms with Gasteiger partial charge in [0.2, 0.25) is 5.91 Å². The van der Waals surface area contributed by atoms with Gasteiger partial charge in [0.05, 0.1) is 26.2 Å². The second-order valence-electron chi connectivity index (χ2n) is 4.97. The Hall–Kier alpha value is -1.88. The molecule has 1 aromatic carbocycles. The lowest BCUT2D eigenvalue weighted by Gasteiger charge is -2.23. The number of aliphatic hydroxyl groups is 1. The lowest BCUT2D eigenvalue weighted by Crippen LogP contribution is -2.34. The maximum Gasteiger partial charge on any atom is 0.309 e. The highest BCUT2D eigenvalue weighted by Gasteiger charge is 2.29. The third-order valence-electron chi connectivity index (χ3n) is 3.62. The van der Waals surface area contributed by atoms with Crippen LogP contribution in [0.1, 0.15) is 24.0 Å². The maximum absolute atomic E-state index is 11.8. The van der Waals surface area contributed by atoms with Gasteiger partial charge in [0.25, 0.3) is 0 Å². The van der Waals surface area contributed by atoms with E-state index < -0.39 is 0 Å². The van der Waals surface area contributed by atoms with Gasteiger partial charge in [-0.25, -0.2) is 0 Å². The first-order valence-corrected chi connectivity index (χ1v) is 6.69. The lowest BCUT2D eigenvalue weighted by molar-refractivity contribution is -0.139. The number of carbonyl (C=O) groups excluding carboxylic acids is 2. The van der Waals surface area contributed by atoms with Crippen LogP contribution in [0.25, 0.3) is 0 Å². The van der Waals surface area contributed by atoms with Crippen molar-refractivity contribution < 1.29 is 19.4 Å². The molecule has 1 aliphatic heterocycles. The van der Waals surface area contributed by atoms with Crippen LogP contribution in [0.3, 0.4) is 0 Å². The molecule has 0 radical (unpaired) electrons. The first-order valence-electron chi connectivity index (χ1n) is 6.69. The standard InChI is InChI=1S/C15H19NO4/c1-20-15(19)8-11-2-4-12(5-3-11)9-16-13(10-17)6-7-14(16)18/h2-5,13,17H,6-10H2,1H3/t13-/m1/s1. The van der Waals surface area contributed by atoms with Gasteiger partial charge >= 0.3 is 5.97 Å². The summed E-state index contributed by atoms with van der Waals surface area (Å²) in [4.78, 5) is 24.6. The summed E-state index contributed by atoms with van der Waals surface area (Å²) < 4.78 is 4.62. The number of hydrogen-bond donors (Lipinski definition) is 1. The van der Waals surface area contributed by atoms with Crippen molar-refractivity contribution in [3.8, 4) is 0 Å². The van der Waals surface area contributed by atoms with Crippen LogP contribution in [0.2, 0.25) is 0 Å². The second kappa shape index (κ2) is 6.52. The van der Waals surface area contributed by atoms with Gasteiger partial charge in [-0.15, -0.1) is 0 Å². The predicted molar refractivity (Wildman–Crippen MR) is 72.8 cm³/mol. The van der Waals surface area contributed by atoms with Gasteiger partial charge in [0.1, 0.15) is 0 Å². The molecule has 5 nitrogen and oxygen atoms in total. The molecular formula is C15H19NO4. The number of aliphatic hydroxyl groups excluding tert-OH is 1. The van der Waals surface area contributed by atoms with E-state index in [0.717, 1.165) is 17.5 Å². The highest BCUT2D eigenvalue weighted by atomic mass is 16.5. The number of amides is 1. The minimum atomic E-state index is -0.271. The molecule has 0 bridgehead atoms. The van der Waals surface area contributed by atoms with Crippen LogP contribution in [0.15, 0.2) is 24.3 Å². The fraction of sp³-hybridized carbons (Fsp3) is 0.467. The van der Waals surface area contributed by atoms with E-state index in [4.69, 9.17) is 0 Å². The average molecular weight is 277 g/mol. The van der Waals surface area contributed by atoms with Gasteiger partial charge in [-0.3, -0.25) is 9.59 Å². The second-order valence-corrected chi connectivity index (χ2v) is 4.97. The number of benzene rings is 1. The Bertz CT molecular complexity index is 483. The van der Waals surface area contributed by atoms with Crippen LogP contribution in [0, 0.1) is 0 Å². The summed E-state index contributed by atoms with van der Waals surface area (Å²) in [7, 11) is 1.37. The fourth-order valence-electron chi connectivity index (χ4n) is 2.40. The Balaban J connectivity index is 2.00. The van der Waals surface area contributed by atoms with Crippen molar-refractivity contribution in [1.82, 2.24) is 4.90 Å². The van der Waals surface area contributed by atoms with E-state index in [1.807, 2.05) is 24.3 Å². The number of carbonyl (C=O) groups is 2. The molecule has 0 aliphatic carbocycles.